The van der Waals surface area contributed by atoms with Crippen molar-refractivity contribution in [2.45, 2.75) is 34.1 Å². The number of aliphatic imine (C=N–C) groups is 1. The van der Waals surface area contributed by atoms with Crippen molar-refractivity contribution in [2.24, 2.45) is 4.99 Å². The molecule has 0 amide bonds. The monoisotopic (exact) mass is 290 g/mol. The van der Waals surface area contributed by atoms with Gasteiger partial charge in [0.2, 0.25) is 0 Å². The third kappa shape index (κ3) is 8.49. The lowest BCUT2D eigenvalue weighted by Crippen LogP contribution is -2.49. The van der Waals surface area contributed by atoms with Gasteiger partial charge in [-0.2, -0.15) is 0 Å². The highest BCUT2D eigenvalue weighted by Gasteiger charge is 2.40. The van der Waals surface area contributed by atoms with E-state index in [2.05, 4.69) is 24.0 Å². The van der Waals surface area contributed by atoms with Crippen LogP contribution in [0, 0.1) is 0 Å². The highest BCUT2D eigenvalue weighted by atomic mass is 28.4. The summed E-state index contributed by atoms with van der Waals surface area (Å²) in [4.78, 5) is 6.75. The average molecular weight is 290 g/mol. The molecule has 0 aliphatic carbocycles. The van der Waals surface area contributed by atoms with Crippen molar-refractivity contribution in [3.8, 4) is 0 Å². The zero-order chi connectivity index (χ0) is 14.7. The molecule has 0 spiro atoms. The van der Waals surface area contributed by atoms with E-state index in [1.807, 2.05) is 27.7 Å². The summed E-state index contributed by atoms with van der Waals surface area (Å²) in [7, 11) is 1.51. The minimum atomic E-state index is -2.62. The van der Waals surface area contributed by atoms with E-state index >= 15 is 0 Å². The van der Waals surface area contributed by atoms with Gasteiger partial charge in [0, 0.05) is 32.1 Å². The smallest absolute Gasteiger partial charge is 0.373 e. The van der Waals surface area contributed by atoms with Gasteiger partial charge in [0.25, 0.3) is 0 Å². The molecule has 0 heterocycles. The fraction of sp³-hybridized carbons (Fsp3) is 0.923. The van der Waals surface area contributed by atoms with Crippen LogP contribution < -0.4 is 0 Å². The molecule has 0 aliphatic heterocycles. The molecule has 0 saturated heterocycles. The van der Waals surface area contributed by atoms with Crippen LogP contribution in [-0.2, 0) is 13.3 Å². The van der Waals surface area contributed by atoms with Gasteiger partial charge in [-0.25, -0.2) is 0 Å². The lowest BCUT2D eigenvalue weighted by atomic mass is 10.3. The Morgan fingerprint density at radius 1 is 1.00 bits per heavy atom. The summed E-state index contributed by atoms with van der Waals surface area (Å²) in [6, 6.07) is 0. The minimum absolute atomic E-state index is 0.516. The molecule has 5 nitrogen and oxygen atoms in total. The van der Waals surface area contributed by atoms with Gasteiger partial charge < -0.3 is 18.2 Å². The average Bonchev–Trinajstić information content (AvgIpc) is 2.35. The molecule has 0 rings (SSSR count). The zero-order valence-electron chi connectivity index (χ0n) is 13.4. The summed E-state index contributed by atoms with van der Waals surface area (Å²) in [6.45, 7) is 10.7. The van der Waals surface area contributed by atoms with Crippen molar-refractivity contribution in [2.75, 3.05) is 46.6 Å². The Hall–Kier alpha value is -0.273. The molecule has 19 heavy (non-hydrogen) atoms. The van der Waals surface area contributed by atoms with Gasteiger partial charge in [0.1, 0.15) is 6.17 Å². The highest BCUT2D eigenvalue weighted by Crippen LogP contribution is 2.11. The molecule has 0 N–H and O–H groups in total. The van der Waals surface area contributed by atoms with Gasteiger partial charge in [-0.15, -0.1) is 0 Å². The van der Waals surface area contributed by atoms with Crippen LogP contribution in [0.5, 0.6) is 0 Å². The lowest BCUT2D eigenvalue weighted by Gasteiger charge is -2.27. The van der Waals surface area contributed by atoms with Gasteiger partial charge in [0.05, 0.1) is 0 Å². The first-order valence-electron chi connectivity index (χ1n) is 7.06. The van der Waals surface area contributed by atoms with Crippen molar-refractivity contribution in [1.82, 2.24) is 4.90 Å². The van der Waals surface area contributed by atoms with E-state index in [1.165, 1.54) is 0 Å². The van der Waals surface area contributed by atoms with E-state index in [0.717, 1.165) is 18.7 Å². The fourth-order valence-corrected chi connectivity index (χ4v) is 3.92. The van der Waals surface area contributed by atoms with Gasteiger partial charge >= 0.3 is 8.80 Å². The molecule has 0 aromatic carbocycles. The van der Waals surface area contributed by atoms with Crippen LogP contribution in [0.2, 0.25) is 0 Å². The highest BCUT2D eigenvalue weighted by molar-refractivity contribution is 6.61. The number of rotatable bonds is 11. The maximum Gasteiger partial charge on any atom is 0.523 e. The molecular weight excluding hydrogens is 260 g/mol. The molecule has 0 bridgehead atoms. The predicted molar refractivity (Wildman–Crippen MR) is 81.8 cm³/mol. The predicted octanol–water partition coefficient (Wildman–Crippen LogP) is 1.99. The van der Waals surface area contributed by atoms with E-state index in [-0.39, 0.29) is 0 Å². The SMILES string of the molecule is CCO[Si](CN=C(C)CCN(C)C)(OCC)OCC. The maximum absolute atomic E-state index is 5.76. The summed E-state index contributed by atoms with van der Waals surface area (Å²) < 4.78 is 17.3. The van der Waals surface area contributed by atoms with Crippen molar-refractivity contribution in [3.63, 3.8) is 0 Å². The molecule has 0 atom stereocenters. The number of hydrogen-bond donors (Lipinski definition) is 0. The van der Waals surface area contributed by atoms with Crippen LogP contribution in [-0.4, -0.2) is 66.0 Å². The van der Waals surface area contributed by atoms with E-state index in [9.17, 15) is 0 Å². The van der Waals surface area contributed by atoms with Crippen LogP contribution in [0.25, 0.3) is 0 Å². The molecule has 0 aromatic rings. The quantitative estimate of drug-likeness (QED) is 0.431. The molecule has 0 fully saturated rings. The molecule has 114 valence electrons. The molecule has 0 aromatic heterocycles. The van der Waals surface area contributed by atoms with E-state index in [0.29, 0.717) is 26.0 Å². The third-order valence-corrected chi connectivity index (χ3v) is 5.29. The maximum atomic E-state index is 5.76. The Balaban J connectivity index is 4.55. The largest absolute Gasteiger partial charge is 0.523 e. The first-order valence-corrected chi connectivity index (χ1v) is 8.99. The standard InChI is InChI=1S/C13H30N2O3Si/c1-7-16-19(17-8-2,18-9-3)12-14-13(4)10-11-15(5)6/h7-12H2,1-6H3. The van der Waals surface area contributed by atoms with Crippen molar-refractivity contribution in [3.05, 3.63) is 0 Å². The lowest BCUT2D eigenvalue weighted by molar-refractivity contribution is 0.0729. The first kappa shape index (κ1) is 18.7. The Morgan fingerprint density at radius 2 is 1.47 bits per heavy atom. The Kier molecular flexibility index (Phi) is 10.4. The van der Waals surface area contributed by atoms with Crippen molar-refractivity contribution >= 4 is 14.5 Å². The van der Waals surface area contributed by atoms with Gasteiger partial charge in [-0.1, -0.05) is 0 Å². The van der Waals surface area contributed by atoms with Gasteiger partial charge in [-0.3, -0.25) is 4.99 Å². The van der Waals surface area contributed by atoms with Crippen LogP contribution in [0.4, 0.5) is 0 Å². The van der Waals surface area contributed by atoms with Crippen LogP contribution >= 0.6 is 0 Å². The second kappa shape index (κ2) is 10.5. The Bertz CT molecular complexity index is 243. The summed E-state index contributed by atoms with van der Waals surface area (Å²) >= 11 is 0. The molecular formula is C13H30N2O3Si. The summed E-state index contributed by atoms with van der Waals surface area (Å²) in [5, 5.41) is 0. The second-order valence-electron chi connectivity index (χ2n) is 4.59. The second-order valence-corrected chi connectivity index (χ2v) is 7.14. The van der Waals surface area contributed by atoms with Crippen molar-refractivity contribution in [1.29, 1.82) is 0 Å². The van der Waals surface area contributed by atoms with Crippen LogP contribution in [0.3, 0.4) is 0 Å². The van der Waals surface area contributed by atoms with Crippen LogP contribution in [0.1, 0.15) is 34.1 Å². The summed E-state index contributed by atoms with van der Waals surface area (Å²) in [5.74, 6) is 0. The number of nitrogens with zero attached hydrogens (tertiary/aromatic N) is 2. The molecule has 0 radical (unpaired) electrons. The van der Waals surface area contributed by atoms with E-state index in [1.54, 1.807) is 0 Å². The molecule has 0 saturated carbocycles. The Morgan fingerprint density at radius 3 is 1.84 bits per heavy atom. The van der Waals surface area contributed by atoms with E-state index in [4.69, 9.17) is 13.3 Å². The van der Waals surface area contributed by atoms with Crippen molar-refractivity contribution < 1.29 is 13.3 Å². The first-order chi connectivity index (χ1) is 8.99. The zero-order valence-corrected chi connectivity index (χ0v) is 14.4. The third-order valence-electron chi connectivity index (χ3n) is 2.56. The summed E-state index contributed by atoms with van der Waals surface area (Å²) in [6.07, 6.45) is 1.48. The fourth-order valence-electron chi connectivity index (χ4n) is 1.62. The normalized spacial score (nSPS) is 13.3. The molecule has 6 heteroatoms. The topological polar surface area (TPSA) is 43.3 Å². The van der Waals surface area contributed by atoms with E-state index < -0.39 is 8.80 Å². The molecule has 0 unspecified atom stereocenters. The number of hydrogen-bond acceptors (Lipinski definition) is 5. The van der Waals surface area contributed by atoms with Gasteiger partial charge in [0.15, 0.2) is 0 Å². The summed E-state index contributed by atoms with van der Waals surface area (Å²) in [5.41, 5.74) is 1.12. The van der Waals surface area contributed by atoms with Crippen LogP contribution in [0.15, 0.2) is 4.99 Å². The van der Waals surface area contributed by atoms with Gasteiger partial charge in [-0.05, 0) is 48.2 Å². The Labute approximate surface area is 119 Å². The molecule has 0 aliphatic rings. The minimum Gasteiger partial charge on any atom is -0.373 e.